The van der Waals surface area contributed by atoms with Crippen LogP contribution in [0.15, 0.2) is 23.1 Å². The lowest BCUT2D eigenvalue weighted by molar-refractivity contribution is 0.298. The van der Waals surface area contributed by atoms with E-state index >= 15 is 0 Å². The Bertz CT molecular complexity index is 372. The first-order chi connectivity index (χ1) is 7.67. The summed E-state index contributed by atoms with van der Waals surface area (Å²) >= 11 is 8.08. The van der Waals surface area contributed by atoms with Crippen LogP contribution in [0.25, 0.3) is 0 Å². The molecule has 1 fully saturated rings. The molecule has 0 saturated heterocycles. The summed E-state index contributed by atoms with van der Waals surface area (Å²) in [4.78, 5) is 1.23. The molecule has 1 aromatic rings. The summed E-state index contributed by atoms with van der Waals surface area (Å²) in [6.45, 7) is 0. The Morgan fingerprint density at radius 3 is 2.56 bits per heavy atom. The molecule has 88 valence electrons. The molecule has 0 heterocycles. The number of nitrogens with two attached hydrogens (primary N) is 1. The van der Waals surface area contributed by atoms with Crippen LogP contribution >= 0.6 is 23.4 Å². The van der Waals surface area contributed by atoms with E-state index < -0.39 is 0 Å². The number of hydrogen-bond donors (Lipinski definition) is 1. The Hall–Kier alpha value is -0.180. The number of hydrogen-bond acceptors (Lipinski definition) is 2. The lowest BCUT2D eigenvalue weighted by atomic mass is 9.77. The third-order valence-corrected chi connectivity index (χ3v) is 4.53. The highest BCUT2D eigenvalue weighted by atomic mass is 35.5. The molecule has 2 N–H and O–H groups in total. The van der Waals surface area contributed by atoms with Gasteiger partial charge in [0.2, 0.25) is 0 Å². The van der Waals surface area contributed by atoms with Crippen LogP contribution in [-0.4, -0.2) is 6.26 Å². The van der Waals surface area contributed by atoms with Crippen LogP contribution in [0, 0.1) is 0 Å². The van der Waals surface area contributed by atoms with Gasteiger partial charge in [0.15, 0.2) is 0 Å². The average molecular weight is 256 g/mol. The minimum absolute atomic E-state index is 0.199. The maximum Gasteiger partial charge on any atom is 0.0467 e. The van der Waals surface area contributed by atoms with Crippen LogP contribution in [0.5, 0.6) is 0 Å². The summed E-state index contributed by atoms with van der Waals surface area (Å²) in [5, 5.41) is 0.830. The van der Waals surface area contributed by atoms with Crippen molar-refractivity contribution in [1.29, 1.82) is 0 Å². The summed E-state index contributed by atoms with van der Waals surface area (Å²) in [7, 11) is 0. The van der Waals surface area contributed by atoms with Crippen molar-refractivity contribution in [2.45, 2.75) is 42.5 Å². The van der Waals surface area contributed by atoms with Crippen molar-refractivity contribution in [2.24, 2.45) is 5.73 Å². The lowest BCUT2D eigenvalue weighted by Crippen LogP contribution is -2.39. The van der Waals surface area contributed by atoms with E-state index in [9.17, 15) is 0 Å². The summed E-state index contributed by atoms with van der Waals surface area (Å²) < 4.78 is 0. The second-order valence-corrected chi connectivity index (χ2v) is 5.79. The van der Waals surface area contributed by atoms with Crippen molar-refractivity contribution in [3.05, 3.63) is 28.8 Å². The maximum absolute atomic E-state index is 6.56. The molecule has 1 aliphatic carbocycles. The maximum atomic E-state index is 6.56. The first kappa shape index (κ1) is 12.3. The molecule has 0 aromatic heterocycles. The monoisotopic (exact) mass is 255 g/mol. The molecule has 16 heavy (non-hydrogen) atoms. The molecule has 0 unspecified atom stereocenters. The molecule has 1 nitrogen and oxygen atoms in total. The Kier molecular flexibility index (Phi) is 3.83. The van der Waals surface area contributed by atoms with E-state index in [4.69, 9.17) is 17.3 Å². The number of halogens is 1. The van der Waals surface area contributed by atoms with Gasteiger partial charge < -0.3 is 5.73 Å². The summed E-state index contributed by atoms with van der Waals surface area (Å²) in [5.41, 5.74) is 7.53. The second-order valence-electron chi connectivity index (χ2n) is 4.53. The normalized spacial score (nSPS) is 19.7. The molecule has 0 amide bonds. The zero-order chi connectivity index (χ0) is 11.6. The Labute approximate surface area is 107 Å². The zero-order valence-corrected chi connectivity index (χ0v) is 11.2. The highest BCUT2D eigenvalue weighted by molar-refractivity contribution is 7.98. The van der Waals surface area contributed by atoms with E-state index in [-0.39, 0.29) is 5.54 Å². The van der Waals surface area contributed by atoms with Gasteiger partial charge in [-0.1, -0.05) is 36.9 Å². The quantitative estimate of drug-likeness (QED) is 0.803. The Morgan fingerprint density at radius 2 is 1.94 bits per heavy atom. The fraction of sp³-hybridized carbons (Fsp3) is 0.538. The van der Waals surface area contributed by atoms with Crippen LogP contribution in [0.2, 0.25) is 5.02 Å². The van der Waals surface area contributed by atoms with Gasteiger partial charge in [-0.2, -0.15) is 0 Å². The smallest absolute Gasteiger partial charge is 0.0467 e. The van der Waals surface area contributed by atoms with Crippen LogP contribution in [-0.2, 0) is 5.54 Å². The van der Waals surface area contributed by atoms with Gasteiger partial charge in [-0.05, 0) is 31.2 Å². The molecule has 2 rings (SSSR count). The third kappa shape index (κ3) is 2.24. The van der Waals surface area contributed by atoms with Crippen LogP contribution in [0.4, 0.5) is 0 Å². The summed E-state index contributed by atoms with van der Waals surface area (Å²) in [6, 6.07) is 6.08. The Morgan fingerprint density at radius 1 is 1.25 bits per heavy atom. The summed E-state index contributed by atoms with van der Waals surface area (Å²) in [6.07, 6.45) is 7.94. The number of benzene rings is 1. The molecule has 1 aliphatic rings. The van der Waals surface area contributed by atoms with Crippen LogP contribution in [0.3, 0.4) is 0 Å². The molecule has 0 aliphatic heterocycles. The number of thioether (sulfide) groups is 1. The van der Waals surface area contributed by atoms with Crippen molar-refractivity contribution in [3.8, 4) is 0 Å². The van der Waals surface area contributed by atoms with Crippen molar-refractivity contribution < 1.29 is 0 Å². The van der Waals surface area contributed by atoms with Gasteiger partial charge in [0.1, 0.15) is 0 Å². The zero-order valence-electron chi connectivity index (χ0n) is 9.63. The van der Waals surface area contributed by atoms with Crippen molar-refractivity contribution in [1.82, 2.24) is 0 Å². The lowest BCUT2D eigenvalue weighted by Gasteiger charge is -2.35. The van der Waals surface area contributed by atoms with E-state index in [1.807, 2.05) is 12.1 Å². The van der Waals surface area contributed by atoms with E-state index in [0.717, 1.165) is 17.9 Å². The van der Waals surface area contributed by atoms with E-state index in [0.29, 0.717) is 0 Å². The fourth-order valence-corrected chi connectivity index (χ4v) is 3.74. The topological polar surface area (TPSA) is 26.0 Å². The molecule has 0 atom stereocenters. The van der Waals surface area contributed by atoms with Crippen LogP contribution < -0.4 is 5.73 Å². The van der Waals surface area contributed by atoms with Gasteiger partial charge in [-0.15, -0.1) is 11.8 Å². The minimum Gasteiger partial charge on any atom is -0.321 e. The highest BCUT2D eigenvalue weighted by Gasteiger charge is 2.33. The van der Waals surface area contributed by atoms with Gasteiger partial charge in [0, 0.05) is 21.0 Å². The van der Waals surface area contributed by atoms with Gasteiger partial charge in [-0.3, -0.25) is 0 Å². The molecule has 1 saturated carbocycles. The van der Waals surface area contributed by atoms with E-state index in [2.05, 4.69) is 12.3 Å². The highest BCUT2D eigenvalue weighted by Crippen LogP contribution is 2.42. The Balaban J connectivity index is 2.44. The van der Waals surface area contributed by atoms with Gasteiger partial charge in [0.25, 0.3) is 0 Å². The van der Waals surface area contributed by atoms with Crippen molar-refractivity contribution >= 4 is 23.4 Å². The van der Waals surface area contributed by atoms with Crippen molar-refractivity contribution in [3.63, 3.8) is 0 Å². The molecule has 0 spiro atoms. The predicted octanol–water partition coefficient (Wildman–Crippen LogP) is 4.18. The van der Waals surface area contributed by atoms with Gasteiger partial charge >= 0.3 is 0 Å². The fourth-order valence-electron chi connectivity index (χ4n) is 2.59. The van der Waals surface area contributed by atoms with E-state index in [1.54, 1.807) is 11.8 Å². The van der Waals surface area contributed by atoms with Crippen molar-refractivity contribution in [2.75, 3.05) is 6.26 Å². The first-order valence-corrected chi connectivity index (χ1v) is 7.39. The largest absolute Gasteiger partial charge is 0.321 e. The van der Waals surface area contributed by atoms with Gasteiger partial charge in [-0.25, -0.2) is 0 Å². The molecule has 1 aromatic carbocycles. The molecule has 0 bridgehead atoms. The first-order valence-electron chi connectivity index (χ1n) is 5.79. The molecular weight excluding hydrogens is 238 g/mol. The third-order valence-electron chi connectivity index (χ3n) is 3.44. The molecule has 0 radical (unpaired) electrons. The van der Waals surface area contributed by atoms with Gasteiger partial charge in [0.05, 0.1) is 0 Å². The second kappa shape index (κ2) is 4.99. The number of rotatable bonds is 2. The molecular formula is C13H18ClNS. The average Bonchev–Trinajstić information content (AvgIpc) is 2.29. The predicted molar refractivity (Wildman–Crippen MR) is 72.2 cm³/mol. The standard InChI is InChI=1S/C13H18ClNS/c1-16-11-7-5-6-10(14)12(11)13(15)8-3-2-4-9-13/h5-7H,2-4,8-9,15H2,1H3. The van der Waals surface area contributed by atoms with E-state index in [1.165, 1.54) is 29.7 Å². The summed E-state index contributed by atoms with van der Waals surface area (Å²) in [5.74, 6) is 0. The molecule has 3 heteroatoms. The van der Waals surface area contributed by atoms with Crippen LogP contribution in [0.1, 0.15) is 37.7 Å². The minimum atomic E-state index is -0.199. The SMILES string of the molecule is CSc1cccc(Cl)c1C1(N)CCCCC1.